The van der Waals surface area contributed by atoms with Crippen LogP contribution in [0.25, 0.3) is 0 Å². The van der Waals surface area contributed by atoms with Gasteiger partial charge in [0.25, 0.3) is 0 Å². The Morgan fingerprint density at radius 3 is 2.86 bits per heavy atom. The maximum Gasteiger partial charge on any atom is 0.220 e. The van der Waals surface area contributed by atoms with Crippen LogP contribution in [0.5, 0.6) is 5.75 Å². The lowest BCUT2D eigenvalue weighted by Crippen LogP contribution is -2.54. The highest BCUT2D eigenvalue weighted by Gasteiger charge is 2.44. The van der Waals surface area contributed by atoms with E-state index in [9.17, 15) is 4.79 Å². The number of fused-ring (bicyclic) bond motifs is 3. The molecule has 1 aromatic carbocycles. The summed E-state index contributed by atoms with van der Waals surface area (Å²) in [7, 11) is 1.68. The molecule has 3 N–H and O–H groups in total. The summed E-state index contributed by atoms with van der Waals surface area (Å²) in [5, 5.41) is 9.70. The first kappa shape index (κ1) is 19.6. The maximum atomic E-state index is 12.1. The molecule has 8 heteroatoms. The summed E-state index contributed by atoms with van der Waals surface area (Å²) in [6, 6.07) is 8.91. The molecular weight excluding hydrogens is 368 g/mol. The molecule has 0 bridgehead atoms. The number of nitrogens with one attached hydrogen (secondary N) is 3. The maximum absolute atomic E-state index is 12.1. The zero-order valence-corrected chi connectivity index (χ0v) is 17.3. The molecule has 0 saturated carbocycles. The Bertz CT molecular complexity index is 793. The summed E-state index contributed by atoms with van der Waals surface area (Å²) in [4.78, 5) is 14.3. The fourth-order valence-electron chi connectivity index (χ4n) is 4.04. The van der Waals surface area contributed by atoms with Gasteiger partial charge in [0, 0.05) is 31.3 Å². The van der Waals surface area contributed by atoms with Crippen molar-refractivity contribution in [1.29, 1.82) is 0 Å². The number of carbonyl (C=O) groups is 1. The number of carbonyl (C=O) groups excluding carboxylic acids is 1. The molecule has 8 nitrogen and oxygen atoms in total. The minimum atomic E-state index is 0.0726. The van der Waals surface area contributed by atoms with Crippen LogP contribution < -0.4 is 20.9 Å². The first-order valence-corrected chi connectivity index (χ1v) is 10.4. The molecule has 1 fully saturated rings. The van der Waals surface area contributed by atoms with Crippen LogP contribution in [0.2, 0.25) is 0 Å². The third kappa shape index (κ3) is 4.03. The number of hydrogen-bond acceptors (Lipinski definition) is 7. The number of nitrogens with zero attached hydrogens (tertiary/aromatic N) is 3. The monoisotopic (exact) mass is 398 g/mol. The van der Waals surface area contributed by atoms with Crippen molar-refractivity contribution in [3.05, 3.63) is 42.2 Å². The minimum absolute atomic E-state index is 0.0726. The molecule has 156 valence electrons. The van der Waals surface area contributed by atoms with Crippen molar-refractivity contribution in [2.75, 3.05) is 7.11 Å². The summed E-state index contributed by atoms with van der Waals surface area (Å²) in [5.41, 5.74) is 8.09. The molecule has 29 heavy (non-hydrogen) atoms. The number of ether oxygens (including phenoxy) is 1. The van der Waals surface area contributed by atoms with Gasteiger partial charge in [-0.1, -0.05) is 19.1 Å². The Balaban J connectivity index is 1.35. The Morgan fingerprint density at radius 1 is 1.34 bits per heavy atom. The van der Waals surface area contributed by atoms with Crippen LogP contribution in [0.3, 0.4) is 0 Å². The van der Waals surface area contributed by atoms with E-state index in [4.69, 9.17) is 4.74 Å². The van der Waals surface area contributed by atoms with E-state index in [0.29, 0.717) is 12.8 Å². The predicted octanol–water partition coefficient (Wildman–Crippen LogP) is 2.04. The van der Waals surface area contributed by atoms with Gasteiger partial charge >= 0.3 is 0 Å². The number of hydrogen-bond donors (Lipinski definition) is 3. The third-order valence-electron chi connectivity index (χ3n) is 5.93. The summed E-state index contributed by atoms with van der Waals surface area (Å²) in [5.74, 6) is 1.86. The van der Waals surface area contributed by atoms with E-state index in [1.165, 1.54) is 5.56 Å². The van der Waals surface area contributed by atoms with Crippen molar-refractivity contribution in [3.63, 3.8) is 0 Å². The van der Waals surface area contributed by atoms with Crippen molar-refractivity contribution in [1.82, 2.24) is 26.1 Å². The zero-order chi connectivity index (χ0) is 20.4. The van der Waals surface area contributed by atoms with Gasteiger partial charge in [-0.2, -0.15) is 5.10 Å². The van der Waals surface area contributed by atoms with Crippen molar-refractivity contribution >= 4 is 11.7 Å². The van der Waals surface area contributed by atoms with Gasteiger partial charge in [0.05, 0.1) is 19.2 Å². The highest BCUT2D eigenvalue weighted by Crippen LogP contribution is 2.34. The second-order valence-electron chi connectivity index (χ2n) is 7.85. The van der Waals surface area contributed by atoms with E-state index >= 15 is 0 Å². The minimum Gasteiger partial charge on any atom is -0.497 e. The summed E-state index contributed by atoms with van der Waals surface area (Å²) in [6.07, 6.45) is 7.14. The average Bonchev–Trinajstić information content (AvgIpc) is 3.36. The molecule has 3 aliphatic rings. The number of benzene rings is 1. The lowest BCUT2D eigenvalue weighted by molar-refractivity contribution is -0.121. The molecule has 0 spiro atoms. The molecular formula is C21H30N6O2. The van der Waals surface area contributed by atoms with Crippen LogP contribution in [0.1, 0.15) is 51.1 Å². The number of rotatable bonds is 7. The van der Waals surface area contributed by atoms with E-state index in [-0.39, 0.29) is 30.2 Å². The topological polar surface area (TPSA) is 81.2 Å². The van der Waals surface area contributed by atoms with Gasteiger partial charge in [-0.15, -0.1) is 0 Å². The molecule has 0 aromatic heterocycles. The van der Waals surface area contributed by atoms with Gasteiger partial charge in [0.1, 0.15) is 17.8 Å². The predicted molar refractivity (Wildman–Crippen MR) is 112 cm³/mol. The third-order valence-corrected chi connectivity index (χ3v) is 5.93. The van der Waals surface area contributed by atoms with Crippen LogP contribution in [-0.4, -0.2) is 47.0 Å². The molecule has 0 aliphatic carbocycles. The van der Waals surface area contributed by atoms with E-state index in [1.807, 2.05) is 25.3 Å². The summed E-state index contributed by atoms with van der Waals surface area (Å²) < 4.78 is 5.26. The normalized spacial score (nSPS) is 25.8. The first-order valence-electron chi connectivity index (χ1n) is 10.4. The van der Waals surface area contributed by atoms with E-state index in [0.717, 1.165) is 24.4 Å². The van der Waals surface area contributed by atoms with E-state index in [1.54, 1.807) is 7.11 Å². The number of methoxy groups -OCH3 is 1. The standard InChI is InChI=1S/C21H30N6O2/c1-4-14(2)22-20(28)10-9-19-23-24-21-18-13-17(25-27(18)12-11-26(19)21)15-5-7-16(29-3)8-6-15/h5-8,11-12,14,17-18,21,24-25H,4,9-10,13H2,1-3H3,(H,22,28)/t14-,17?,18?,21?/m0/s1. The molecule has 4 rings (SSSR count). The highest BCUT2D eigenvalue weighted by atomic mass is 16.5. The quantitative estimate of drug-likeness (QED) is 0.652. The molecule has 3 unspecified atom stereocenters. The van der Waals surface area contributed by atoms with E-state index in [2.05, 4.69) is 56.4 Å². The second kappa shape index (κ2) is 8.32. The average molecular weight is 399 g/mol. The lowest BCUT2D eigenvalue weighted by atomic mass is 9.99. The number of amidine groups is 1. The zero-order valence-electron chi connectivity index (χ0n) is 17.3. The van der Waals surface area contributed by atoms with Gasteiger partial charge in [0.2, 0.25) is 5.91 Å². The molecule has 1 amide bonds. The smallest absolute Gasteiger partial charge is 0.220 e. The highest BCUT2D eigenvalue weighted by molar-refractivity contribution is 5.89. The Hall–Kier alpha value is -2.74. The Morgan fingerprint density at radius 2 is 2.14 bits per heavy atom. The lowest BCUT2D eigenvalue weighted by Gasteiger charge is -2.37. The van der Waals surface area contributed by atoms with Gasteiger partial charge in [0.15, 0.2) is 0 Å². The first-order chi connectivity index (χ1) is 14.1. The van der Waals surface area contributed by atoms with Crippen LogP contribution in [0.4, 0.5) is 0 Å². The van der Waals surface area contributed by atoms with Crippen LogP contribution in [-0.2, 0) is 4.79 Å². The van der Waals surface area contributed by atoms with Crippen LogP contribution >= 0.6 is 0 Å². The number of amides is 1. The SMILES string of the molecule is CC[C@H](C)NC(=O)CCC1=NNC2C3CC(c4ccc(OC)cc4)NN3C=CN12. The van der Waals surface area contributed by atoms with Crippen molar-refractivity contribution in [2.24, 2.45) is 5.10 Å². The van der Waals surface area contributed by atoms with Gasteiger partial charge in [-0.25, -0.2) is 5.43 Å². The fourth-order valence-corrected chi connectivity index (χ4v) is 4.04. The number of hydrazine groups is 1. The molecule has 1 aromatic rings. The van der Waals surface area contributed by atoms with Gasteiger partial charge < -0.3 is 20.0 Å². The Labute approximate surface area is 171 Å². The van der Waals surface area contributed by atoms with Crippen LogP contribution in [0.15, 0.2) is 41.8 Å². The summed E-state index contributed by atoms with van der Waals surface area (Å²) in [6.45, 7) is 4.09. The van der Waals surface area contributed by atoms with Crippen molar-refractivity contribution in [3.8, 4) is 5.75 Å². The van der Waals surface area contributed by atoms with Gasteiger partial charge in [-0.05, 0) is 37.5 Å². The Kier molecular flexibility index (Phi) is 5.62. The molecule has 3 aliphatic heterocycles. The fraction of sp³-hybridized carbons (Fsp3) is 0.524. The summed E-state index contributed by atoms with van der Waals surface area (Å²) >= 11 is 0. The molecule has 0 radical (unpaired) electrons. The molecule has 3 heterocycles. The van der Waals surface area contributed by atoms with Gasteiger partial charge in [-0.3, -0.25) is 10.2 Å². The van der Waals surface area contributed by atoms with E-state index < -0.39 is 0 Å². The largest absolute Gasteiger partial charge is 0.497 e. The number of hydrazone groups is 1. The molecule has 4 atom stereocenters. The van der Waals surface area contributed by atoms with Crippen molar-refractivity contribution in [2.45, 2.75) is 63.8 Å². The van der Waals surface area contributed by atoms with Crippen molar-refractivity contribution < 1.29 is 9.53 Å². The second-order valence-corrected chi connectivity index (χ2v) is 7.85. The van der Waals surface area contributed by atoms with Crippen LogP contribution in [0, 0.1) is 0 Å². The molecule has 1 saturated heterocycles.